The number of fused-ring (bicyclic) bond motifs is 1. The molecule has 0 saturated heterocycles. The lowest BCUT2D eigenvalue weighted by Crippen LogP contribution is -2.54. The number of hydrogen-bond donors (Lipinski definition) is 2. The number of nitrogens with one attached hydrogen (secondary N) is 1. The fraction of sp³-hybridized carbons (Fsp3) is 0.464. The van der Waals surface area contributed by atoms with Crippen molar-refractivity contribution in [3.05, 3.63) is 71.3 Å². The molecule has 3 rings (SSSR count). The fourth-order valence-electron chi connectivity index (χ4n) is 4.55. The van der Waals surface area contributed by atoms with Gasteiger partial charge in [0.25, 0.3) is 0 Å². The standard InChI is InChI=1S/C28H37N3O4/c1-3-4-16-30-27(33)25(15-14-21-10-6-5-7-11-21)31(19-26(32)35-28(34)20(2)29)24-17-22-12-8-9-13-23(22)18-24/h5-13,20,24-25H,3-4,14-19,29H2,1-2H3,(H,30,33)/t20-,25?/m0/s1. The monoisotopic (exact) mass is 479 g/mol. The molecule has 0 fully saturated rings. The Balaban J connectivity index is 1.85. The minimum Gasteiger partial charge on any atom is -0.391 e. The van der Waals surface area contributed by atoms with Crippen LogP contribution in [0.1, 0.15) is 49.8 Å². The molecule has 0 aromatic heterocycles. The van der Waals surface area contributed by atoms with Crippen LogP contribution in [0, 0.1) is 0 Å². The number of esters is 2. The molecule has 0 saturated carbocycles. The van der Waals surface area contributed by atoms with Crippen LogP contribution >= 0.6 is 0 Å². The summed E-state index contributed by atoms with van der Waals surface area (Å²) < 4.78 is 4.99. The molecule has 2 aromatic rings. The molecule has 0 radical (unpaired) electrons. The van der Waals surface area contributed by atoms with Crippen molar-refractivity contribution in [1.29, 1.82) is 0 Å². The number of carbonyl (C=O) groups is 3. The zero-order valence-corrected chi connectivity index (χ0v) is 20.7. The fourth-order valence-corrected chi connectivity index (χ4v) is 4.55. The van der Waals surface area contributed by atoms with Crippen LogP contribution in [-0.4, -0.2) is 54.0 Å². The summed E-state index contributed by atoms with van der Waals surface area (Å²) in [6.45, 7) is 3.98. The molecule has 35 heavy (non-hydrogen) atoms. The topological polar surface area (TPSA) is 102 Å². The summed E-state index contributed by atoms with van der Waals surface area (Å²) in [6.07, 6.45) is 4.56. The lowest BCUT2D eigenvalue weighted by molar-refractivity contribution is -0.162. The predicted molar refractivity (Wildman–Crippen MR) is 136 cm³/mol. The largest absolute Gasteiger partial charge is 0.391 e. The zero-order valence-electron chi connectivity index (χ0n) is 20.7. The summed E-state index contributed by atoms with van der Waals surface area (Å²) in [7, 11) is 0. The van der Waals surface area contributed by atoms with Crippen molar-refractivity contribution in [1.82, 2.24) is 10.2 Å². The summed E-state index contributed by atoms with van der Waals surface area (Å²) in [4.78, 5) is 40.1. The normalized spacial score (nSPS) is 14.9. The van der Waals surface area contributed by atoms with Gasteiger partial charge in [0.1, 0.15) is 6.04 Å². The second-order valence-corrected chi connectivity index (χ2v) is 9.27. The summed E-state index contributed by atoms with van der Waals surface area (Å²) in [5, 5.41) is 3.06. The molecule has 1 aliphatic carbocycles. The first-order valence-corrected chi connectivity index (χ1v) is 12.5. The highest BCUT2D eigenvalue weighted by molar-refractivity contribution is 5.89. The number of nitrogens with zero attached hydrogens (tertiary/aromatic N) is 1. The van der Waals surface area contributed by atoms with Gasteiger partial charge in [0, 0.05) is 12.6 Å². The van der Waals surface area contributed by atoms with Gasteiger partial charge in [0.05, 0.1) is 12.6 Å². The third-order valence-electron chi connectivity index (χ3n) is 6.48. The molecule has 2 atom stereocenters. The summed E-state index contributed by atoms with van der Waals surface area (Å²) in [5.41, 5.74) is 9.14. The second-order valence-electron chi connectivity index (χ2n) is 9.27. The average Bonchev–Trinajstić information content (AvgIpc) is 3.28. The van der Waals surface area contributed by atoms with E-state index in [4.69, 9.17) is 10.5 Å². The molecule has 1 unspecified atom stereocenters. The van der Waals surface area contributed by atoms with E-state index in [-0.39, 0.29) is 18.5 Å². The third kappa shape index (κ3) is 7.73. The quantitative estimate of drug-likeness (QED) is 0.276. The zero-order chi connectivity index (χ0) is 25.2. The SMILES string of the molecule is CCCCNC(=O)C(CCc1ccccc1)N(CC(=O)OC(=O)[C@H](C)N)C1Cc2ccccc2C1. The minimum atomic E-state index is -0.894. The second kappa shape index (κ2) is 13.2. The van der Waals surface area contributed by atoms with E-state index < -0.39 is 24.0 Å². The predicted octanol–water partition coefficient (Wildman–Crippen LogP) is 2.79. The van der Waals surface area contributed by atoms with Crippen molar-refractivity contribution < 1.29 is 19.1 Å². The van der Waals surface area contributed by atoms with Gasteiger partial charge in [0.2, 0.25) is 5.91 Å². The Morgan fingerprint density at radius 1 is 1.06 bits per heavy atom. The van der Waals surface area contributed by atoms with Gasteiger partial charge in [-0.05, 0) is 55.7 Å². The summed E-state index contributed by atoms with van der Waals surface area (Å²) in [5.74, 6) is -1.55. The van der Waals surface area contributed by atoms with Gasteiger partial charge in [-0.2, -0.15) is 0 Å². The van der Waals surface area contributed by atoms with E-state index in [9.17, 15) is 14.4 Å². The van der Waals surface area contributed by atoms with E-state index in [1.807, 2.05) is 47.4 Å². The molecule has 7 nitrogen and oxygen atoms in total. The molecule has 0 heterocycles. The molecule has 0 spiro atoms. The van der Waals surface area contributed by atoms with Crippen molar-refractivity contribution >= 4 is 17.8 Å². The maximum absolute atomic E-state index is 13.4. The first kappa shape index (κ1) is 26.6. The van der Waals surface area contributed by atoms with Crippen LogP contribution < -0.4 is 11.1 Å². The van der Waals surface area contributed by atoms with E-state index in [1.54, 1.807) is 0 Å². The number of ether oxygens (including phenoxy) is 1. The van der Waals surface area contributed by atoms with Crippen LogP contribution in [0.25, 0.3) is 0 Å². The van der Waals surface area contributed by atoms with Crippen LogP contribution in [0.3, 0.4) is 0 Å². The van der Waals surface area contributed by atoms with E-state index >= 15 is 0 Å². The van der Waals surface area contributed by atoms with Gasteiger partial charge >= 0.3 is 11.9 Å². The smallest absolute Gasteiger partial charge is 0.330 e. The van der Waals surface area contributed by atoms with Gasteiger partial charge < -0.3 is 15.8 Å². The Morgan fingerprint density at radius 2 is 1.69 bits per heavy atom. The number of aryl methyl sites for hydroxylation is 1. The lowest BCUT2D eigenvalue weighted by Gasteiger charge is -2.35. The lowest BCUT2D eigenvalue weighted by atomic mass is 10.0. The van der Waals surface area contributed by atoms with Gasteiger partial charge in [-0.15, -0.1) is 0 Å². The Morgan fingerprint density at radius 3 is 2.29 bits per heavy atom. The van der Waals surface area contributed by atoms with Gasteiger partial charge in [-0.3, -0.25) is 14.5 Å². The van der Waals surface area contributed by atoms with E-state index in [1.165, 1.54) is 18.1 Å². The Hall–Kier alpha value is -3.03. The number of unbranched alkanes of at least 4 members (excludes halogenated alkanes) is 1. The number of hydrogen-bond acceptors (Lipinski definition) is 6. The maximum atomic E-state index is 13.4. The Kier molecular flexibility index (Phi) is 9.99. The highest BCUT2D eigenvalue weighted by atomic mass is 16.6. The average molecular weight is 480 g/mol. The van der Waals surface area contributed by atoms with Crippen LogP contribution in [0.5, 0.6) is 0 Å². The van der Waals surface area contributed by atoms with E-state index in [0.29, 0.717) is 19.4 Å². The molecular weight excluding hydrogens is 442 g/mol. The molecule has 7 heteroatoms. The molecule has 188 valence electrons. The van der Waals surface area contributed by atoms with Crippen molar-refractivity contribution in [2.45, 2.75) is 70.5 Å². The van der Waals surface area contributed by atoms with Gasteiger partial charge in [-0.25, -0.2) is 4.79 Å². The highest BCUT2D eigenvalue weighted by Crippen LogP contribution is 2.28. The molecule has 1 amide bonds. The molecule has 0 aliphatic heterocycles. The molecule has 1 aliphatic rings. The van der Waals surface area contributed by atoms with Gasteiger partial charge in [-0.1, -0.05) is 67.9 Å². The maximum Gasteiger partial charge on any atom is 0.330 e. The van der Waals surface area contributed by atoms with Crippen LogP contribution in [0.2, 0.25) is 0 Å². The number of amides is 1. The molecule has 0 bridgehead atoms. The van der Waals surface area contributed by atoms with Crippen LogP contribution in [-0.2, 0) is 38.4 Å². The van der Waals surface area contributed by atoms with Crippen molar-refractivity contribution in [2.75, 3.05) is 13.1 Å². The van der Waals surface area contributed by atoms with Crippen LogP contribution in [0.4, 0.5) is 0 Å². The van der Waals surface area contributed by atoms with Crippen molar-refractivity contribution in [2.24, 2.45) is 5.73 Å². The van der Waals surface area contributed by atoms with Crippen molar-refractivity contribution in [3.63, 3.8) is 0 Å². The minimum absolute atomic E-state index is 0.0527. The molecular formula is C28H37N3O4. The number of nitrogens with two attached hydrogens (primary N) is 1. The number of carbonyl (C=O) groups excluding carboxylic acids is 3. The molecule has 3 N–H and O–H groups in total. The summed E-state index contributed by atoms with van der Waals surface area (Å²) in [6, 6.07) is 16.7. The molecule has 2 aromatic carbocycles. The first-order valence-electron chi connectivity index (χ1n) is 12.5. The number of rotatable bonds is 12. The van der Waals surface area contributed by atoms with E-state index in [0.717, 1.165) is 31.2 Å². The summed E-state index contributed by atoms with van der Waals surface area (Å²) >= 11 is 0. The first-order chi connectivity index (χ1) is 16.9. The van der Waals surface area contributed by atoms with Crippen LogP contribution in [0.15, 0.2) is 54.6 Å². The number of benzene rings is 2. The van der Waals surface area contributed by atoms with E-state index in [2.05, 4.69) is 24.4 Å². The Labute approximate surface area is 208 Å². The Bertz CT molecular complexity index is 968. The third-order valence-corrected chi connectivity index (χ3v) is 6.48. The highest BCUT2D eigenvalue weighted by Gasteiger charge is 2.36. The van der Waals surface area contributed by atoms with Gasteiger partial charge in [0.15, 0.2) is 0 Å². The van der Waals surface area contributed by atoms with Crippen molar-refractivity contribution in [3.8, 4) is 0 Å².